The predicted molar refractivity (Wildman–Crippen MR) is 84.3 cm³/mol. The SMILES string of the molecule is O=C(ONC1CCOCC1)c1cccc(-c2ccccc2)c1. The molecule has 2 aromatic rings. The van der Waals surface area contributed by atoms with Crippen molar-refractivity contribution < 1.29 is 14.4 Å². The third-order valence-electron chi connectivity index (χ3n) is 3.74. The lowest BCUT2D eigenvalue weighted by atomic mass is 10.0. The minimum atomic E-state index is -0.357. The summed E-state index contributed by atoms with van der Waals surface area (Å²) in [5, 5.41) is 0. The summed E-state index contributed by atoms with van der Waals surface area (Å²) < 4.78 is 5.28. The van der Waals surface area contributed by atoms with Crippen molar-refractivity contribution >= 4 is 5.97 Å². The molecule has 114 valence electrons. The number of benzene rings is 2. The topological polar surface area (TPSA) is 47.6 Å². The average Bonchev–Trinajstić information content (AvgIpc) is 2.61. The van der Waals surface area contributed by atoms with E-state index in [-0.39, 0.29) is 12.0 Å². The normalized spacial score (nSPS) is 15.5. The van der Waals surface area contributed by atoms with Crippen molar-refractivity contribution in [3.63, 3.8) is 0 Å². The van der Waals surface area contributed by atoms with Gasteiger partial charge in [-0.15, -0.1) is 5.48 Å². The van der Waals surface area contributed by atoms with E-state index >= 15 is 0 Å². The maximum Gasteiger partial charge on any atom is 0.356 e. The van der Waals surface area contributed by atoms with E-state index in [0.29, 0.717) is 18.8 Å². The molecule has 0 atom stereocenters. The van der Waals surface area contributed by atoms with E-state index in [4.69, 9.17) is 9.57 Å². The monoisotopic (exact) mass is 297 g/mol. The van der Waals surface area contributed by atoms with Gasteiger partial charge in [-0.25, -0.2) is 4.79 Å². The van der Waals surface area contributed by atoms with Gasteiger partial charge in [-0.3, -0.25) is 0 Å². The smallest absolute Gasteiger partial charge is 0.356 e. The molecular formula is C18H19NO3. The summed E-state index contributed by atoms with van der Waals surface area (Å²) in [4.78, 5) is 17.4. The Labute approximate surface area is 130 Å². The zero-order chi connectivity index (χ0) is 15.2. The first-order valence-corrected chi connectivity index (χ1v) is 7.53. The Hall–Kier alpha value is -2.17. The highest BCUT2D eigenvalue weighted by Gasteiger charge is 2.16. The fraction of sp³-hybridized carbons (Fsp3) is 0.278. The summed E-state index contributed by atoms with van der Waals surface area (Å²) >= 11 is 0. The van der Waals surface area contributed by atoms with Crippen LogP contribution in [-0.2, 0) is 9.57 Å². The number of carbonyl (C=O) groups is 1. The van der Waals surface area contributed by atoms with Gasteiger partial charge in [0.2, 0.25) is 0 Å². The second-order valence-corrected chi connectivity index (χ2v) is 5.34. The van der Waals surface area contributed by atoms with E-state index in [1.165, 1.54) is 0 Å². The van der Waals surface area contributed by atoms with Gasteiger partial charge in [0, 0.05) is 19.3 Å². The second kappa shape index (κ2) is 7.20. The van der Waals surface area contributed by atoms with Gasteiger partial charge in [0.25, 0.3) is 0 Å². The summed E-state index contributed by atoms with van der Waals surface area (Å²) in [7, 11) is 0. The van der Waals surface area contributed by atoms with Crippen LogP contribution in [0.15, 0.2) is 54.6 Å². The van der Waals surface area contributed by atoms with Crippen molar-refractivity contribution in [3.8, 4) is 11.1 Å². The molecule has 4 nitrogen and oxygen atoms in total. The Morgan fingerprint density at radius 3 is 2.50 bits per heavy atom. The number of hydrogen-bond acceptors (Lipinski definition) is 4. The first-order valence-electron chi connectivity index (χ1n) is 7.53. The molecule has 0 bridgehead atoms. The lowest BCUT2D eigenvalue weighted by Crippen LogP contribution is -2.36. The van der Waals surface area contributed by atoms with Crippen molar-refractivity contribution in [2.75, 3.05) is 13.2 Å². The van der Waals surface area contributed by atoms with Gasteiger partial charge in [-0.1, -0.05) is 42.5 Å². The first kappa shape index (κ1) is 14.8. The molecule has 4 heteroatoms. The summed E-state index contributed by atoms with van der Waals surface area (Å²) in [6.45, 7) is 1.41. The van der Waals surface area contributed by atoms with Crippen LogP contribution in [0.1, 0.15) is 23.2 Å². The molecule has 0 aliphatic carbocycles. The van der Waals surface area contributed by atoms with Gasteiger partial charge in [0.15, 0.2) is 0 Å². The van der Waals surface area contributed by atoms with Gasteiger partial charge in [-0.2, -0.15) is 0 Å². The van der Waals surface area contributed by atoms with Gasteiger partial charge >= 0.3 is 5.97 Å². The Balaban J connectivity index is 1.65. The van der Waals surface area contributed by atoms with Crippen LogP contribution in [0.3, 0.4) is 0 Å². The summed E-state index contributed by atoms with van der Waals surface area (Å²) in [6, 6.07) is 17.6. The number of carbonyl (C=O) groups excluding carboxylic acids is 1. The standard InChI is InChI=1S/C18H19NO3/c20-18(22-19-17-9-11-21-12-10-17)16-8-4-7-15(13-16)14-5-2-1-3-6-14/h1-8,13,17,19H,9-12H2. The first-order chi connectivity index (χ1) is 10.8. The van der Waals surface area contributed by atoms with Crippen molar-refractivity contribution in [1.29, 1.82) is 0 Å². The highest BCUT2D eigenvalue weighted by molar-refractivity contribution is 5.90. The molecule has 0 spiro atoms. The molecule has 1 saturated heterocycles. The van der Waals surface area contributed by atoms with Gasteiger partial charge < -0.3 is 9.57 Å². The van der Waals surface area contributed by atoms with Gasteiger partial charge in [-0.05, 0) is 36.1 Å². The predicted octanol–water partition coefficient (Wildman–Crippen LogP) is 3.19. The van der Waals surface area contributed by atoms with E-state index in [9.17, 15) is 4.79 Å². The quantitative estimate of drug-likeness (QED) is 0.880. The average molecular weight is 297 g/mol. The van der Waals surface area contributed by atoms with Crippen LogP contribution in [0, 0.1) is 0 Å². The third kappa shape index (κ3) is 3.72. The zero-order valence-electron chi connectivity index (χ0n) is 12.3. The second-order valence-electron chi connectivity index (χ2n) is 5.34. The molecule has 3 rings (SSSR count). The highest BCUT2D eigenvalue weighted by Crippen LogP contribution is 2.20. The van der Waals surface area contributed by atoms with E-state index in [0.717, 1.165) is 24.0 Å². The Kier molecular flexibility index (Phi) is 4.83. The van der Waals surface area contributed by atoms with E-state index < -0.39 is 0 Å². The van der Waals surface area contributed by atoms with Crippen LogP contribution in [0.2, 0.25) is 0 Å². The molecule has 1 fully saturated rings. The molecule has 2 aromatic carbocycles. The summed E-state index contributed by atoms with van der Waals surface area (Å²) in [5.74, 6) is -0.357. The highest BCUT2D eigenvalue weighted by atomic mass is 16.7. The summed E-state index contributed by atoms with van der Waals surface area (Å²) in [5.41, 5.74) is 5.47. The molecule has 0 aromatic heterocycles. The lowest BCUT2D eigenvalue weighted by molar-refractivity contribution is -0.00731. The molecule has 0 radical (unpaired) electrons. The number of hydroxylamine groups is 1. The molecule has 0 saturated carbocycles. The number of hydrogen-bond donors (Lipinski definition) is 1. The lowest BCUT2D eigenvalue weighted by Gasteiger charge is -2.22. The number of nitrogens with one attached hydrogen (secondary N) is 1. The largest absolute Gasteiger partial charge is 0.381 e. The van der Waals surface area contributed by atoms with E-state index in [2.05, 4.69) is 5.48 Å². The van der Waals surface area contributed by atoms with E-state index in [1.54, 1.807) is 6.07 Å². The molecular weight excluding hydrogens is 278 g/mol. The molecule has 22 heavy (non-hydrogen) atoms. The van der Waals surface area contributed by atoms with Crippen LogP contribution in [0.25, 0.3) is 11.1 Å². The zero-order valence-corrected chi connectivity index (χ0v) is 12.3. The van der Waals surface area contributed by atoms with Crippen LogP contribution in [-0.4, -0.2) is 25.2 Å². The Morgan fingerprint density at radius 2 is 1.73 bits per heavy atom. The van der Waals surface area contributed by atoms with Crippen molar-refractivity contribution in [2.45, 2.75) is 18.9 Å². The fourth-order valence-electron chi connectivity index (χ4n) is 2.47. The fourth-order valence-corrected chi connectivity index (χ4v) is 2.47. The molecule has 1 aliphatic rings. The maximum absolute atomic E-state index is 12.2. The molecule has 0 unspecified atom stereocenters. The Morgan fingerprint density at radius 1 is 1.00 bits per heavy atom. The molecule has 0 amide bonds. The molecule has 1 N–H and O–H groups in total. The Bertz CT molecular complexity index is 621. The maximum atomic E-state index is 12.2. The van der Waals surface area contributed by atoms with Gasteiger partial charge in [0.1, 0.15) is 0 Å². The minimum Gasteiger partial charge on any atom is -0.381 e. The van der Waals surface area contributed by atoms with Crippen molar-refractivity contribution in [2.24, 2.45) is 0 Å². The number of rotatable bonds is 4. The van der Waals surface area contributed by atoms with Crippen molar-refractivity contribution in [3.05, 3.63) is 60.2 Å². The van der Waals surface area contributed by atoms with Crippen molar-refractivity contribution in [1.82, 2.24) is 5.48 Å². The minimum absolute atomic E-state index is 0.176. The summed E-state index contributed by atoms with van der Waals surface area (Å²) in [6.07, 6.45) is 1.72. The third-order valence-corrected chi connectivity index (χ3v) is 3.74. The van der Waals surface area contributed by atoms with Crippen LogP contribution < -0.4 is 5.48 Å². The van der Waals surface area contributed by atoms with Gasteiger partial charge in [0.05, 0.1) is 5.56 Å². The van der Waals surface area contributed by atoms with Crippen LogP contribution >= 0.6 is 0 Å². The molecule has 1 heterocycles. The molecule has 1 aliphatic heterocycles. The van der Waals surface area contributed by atoms with Crippen LogP contribution in [0.4, 0.5) is 0 Å². The number of ether oxygens (including phenoxy) is 1. The van der Waals surface area contributed by atoms with Crippen LogP contribution in [0.5, 0.6) is 0 Å². The van der Waals surface area contributed by atoms with E-state index in [1.807, 2.05) is 48.5 Å².